The zero-order chi connectivity index (χ0) is 16.0. The smallest absolute Gasteiger partial charge is 0.319 e. The summed E-state index contributed by atoms with van der Waals surface area (Å²) >= 11 is 1.48. The van der Waals surface area contributed by atoms with Crippen molar-refractivity contribution in [1.82, 2.24) is 9.38 Å². The van der Waals surface area contributed by atoms with E-state index in [1.54, 1.807) is 0 Å². The molecule has 1 unspecified atom stereocenters. The van der Waals surface area contributed by atoms with E-state index < -0.39 is 0 Å². The molecule has 0 radical (unpaired) electrons. The van der Waals surface area contributed by atoms with Gasteiger partial charge in [-0.2, -0.15) is 5.26 Å². The first-order chi connectivity index (χ1) is 11.2. The second kappa shape index (κ2) is 5.28. The maximum atomic E-state index is 11.8. The summed E-state index contributed by atoms with van der Waals surface area (Å²) in [4.78, 5) is 16.4. The minimum atomic E-state index is -0.202. The van der Waals surface area contributed by atoms with Crippen LogP contribution in [0.1, 0.15) is 17.5 Å². The lowest BCUT2D eigenvalue weighted by molar-refractivity contribution is -0.137. The van der Waals surface area contributed by atoms with E-state index >= 15 is 0 Å². The van der Waals surface area contributed by atoms with Crippen molar-refractivity contribution >= 4 is 34.4 Å². The highest BCUT2D eigenvalue weighted by Crippen LogP contribution is 2.34. The molecule has 6 heteroatoms. The highest BCUT2D eigenvalue weighted by Gasteiger charge is 2.29. The lowest BCUT2D eigenvalue weighted by Gasteiger charge is -2.11. The van der Waals surface area contributed by atoms with Crippen LogP contribution < -0.4 is 0 Å². The van der Waals surface area contributed by atoms with E-state index in [-0.39, 0.29) is 11.2 Å². The molecule has 3 heterocycles. The molecule has 1 aliphatic rings. The SMILES string of the molecule is Cc1cc(SC2CCOC2=O)n2c(nc3ccccc32)c1C#N. The number of carbonyl (C=O) groups is 1. The van der Waals surface area contributed by atoms with Gasteiger partial charge in [-0.1, -0.05) is 23.9 Å². The maximum Gasteiger partial charge on any atom is 0.319 e. The normalized spacial score (nSPS) is 17.6. The van der Waals surface area contributed by atoms with Crippen LogP contribution in [0.2, 0.25) is 0 Å². The van der Waals surface area contributed by atoms with Gasteiger partial charge in [-0.05, 0) is 30.7 Å². The van der Waals surface area contributed by atoms with Crippen LogP contribution in [0.25, 0.3) is 16.7 Å². The number of nitrogens with zero attached hydrogens (tertiary/aromatic N) is 3. The van der Waals surface area contributed by atoms with Gasteiger partial charge < -0.3 is 4.74 Å². The Morgan fingerprint density at radius 3 is 3.00 bits per heavy atom. The molecular weight excluding hydrogens is 310 g/mol. The predicted molar refractivity (Wildman–Crippen MR) is 87.4 cm³/mol. The van der Waals surface area contributed by atoms with Gasteiger partial charge in [0.05, 0.1) is 28.2 Å². The fourth-order valence-electron chi connectivity index (χ4n) is 2.87. The fraction of sp³-hybridized carbons (Fsp3) is 0.235. The van der Waals surface area contributed by atoms with Crippen molar-refractivity contribution < 1.29 is 9.53 Å². The quantitative estimate of drug-likeness (QED) is 0.678. The van der Waals surface area contributed by atoms with E-state index in [0.717, 1.165) is 21.6 Å². The average molecular weight is 323 g/mol. The number of ether oxygens (including phenoxy) is 1. The molecule has 2 aromatic heterocycles. The number of cyclic esters (lactones) is 1. The van der Waals surface area contributed by atoms with Crippen molar-refractivity contribution in [2.24, 2.45) is 0 Å². The van der Waals surface area contributed by atoms with Crippen molar-refractivity contribution in [3.63, 3.8) is 0 Å². The molecule has 1 fully saturated rings. The Hall–Kier alpha value is -2.52. The van der Waals surface area contributed by atoms with Crippen LogP contribution in [0, 0.1) is 18.3 Å². The first kappa shape index (κ1) is 14.1. The molecule has 5 nitrogen and oxygen atoms in total. The van der Waals surface area contributed by atoms with Gasteiger partial charge in [-0.3, -0.25) is 9.20 Å². The summed E-state index contributed by atoms with van der Waals surface area (Å²) in [6, 6.07) is 12.0. The van der Waals surface area contributed by atoms with E-state index in [1.807, 2.05) is 41.7 Å². The minimum absolute atomic E-state index is 0.172. The van der Waals surface area contributed by atoms with Crippen LogP contribution in [0.15, 0.2) is 35.4 Å². The largest absolute Gasteiger partial charge is 0.465 e. The number of esters is 1. The molecule has 0 N–H and O–H groups in total. The van der Waals surface area contributed by atoms with Gasteiger partial charge in [0.15, 0.2) is 5.65 Å². The molecule has 4 rings (SSSR count). The third-order valence-electron chi connectivity index (χ3n) is 4.00. The second-order valence-corrected chi connectivity index (χ2v) is 6.70. The van der Waals surface area contributed by atoms with Crippen LogP contribution in [0.4, 0.5) is 0 Å². The Morgan fingerprint density at radius 1 is 1.43 bits per heavy atom. The highest BCUT2D eigenvalue weighted by atomic mass is 32.2. The molecule has 3 aromatic rings. The molecule has 1 aliphatic heterocycles. The summed E-state index contributed by atoms with van der Waals surface area (Å²) < 4.78 is 7.03. The first-order valence-electron chi connectivity index (χ1n) is 7.33. The zero-order valence-corrected chi connectivity index (χ0v) is 13.3. The van der Waals surface area contributed by atoms with E-state index in [9.17, 15) is 10.1 Å². The van der Waals surface area contributed by atoms with Crippen molar-refractivity contribution in [3.05, 3.63) is 41.5 Å². The summed E-state index contributed by atoms with van der Waals surface area (Å²) in [7, 11) is 0. The molecule has 23 heavy (non-hydrogen) atoms. The van der Waals surface area contributed by atoms with Crippen LogP contribution >= 0.6 is 11.8 Å². The number of aromatic nitrogens is 2. The third-order valence-corrected chi connectivity index (χ3v) is 5.26. The monoisotopic (exact) mass is 323 g/mol. The number of fused-ring (bicyclic) bond motifs is 3. The second-order valence-electron chi connectivity index (χ2n) is 5.47. The highest BCUT2D eigenvalue weighted by molar-refractivity contribution is 8.00. The topological polar surface area (TPSA) is 67.4 Å². The summed E-state index contributed by atoms with van der Waals surface area (Å²) in [5, 5.41) is 10.2. The Bertz CT molecular complexity index is 987. The predicted octanol–water partition coefficient (Wildman–Crippen LogP) is 3.08. The molecule has 1 atom stereocenters. The van der Waals surface area contributed by atoms with Gasteiger partial charge in [0.1, 0.15) is 11.3 Å². The van der Waals surface area contributed by atoms with Gasteiger partial charge in [-0.15, -0.1) is 0 Å². The number of hydrogen-bond acceptors (Lipinski definition) is 5. The number of para-hydroxylation sites is 2. The molecule has 0 bridgehead atoms. The maximum absolute atomic E-state index is 11.8. The van der Waals surface area contributed by atoms with E-state index in [2.05, 4.69) is 11.1 Å². The lowest BCUT2D eigenvalue weighted by atomic mass is 10.2. The summed E-state index contributed by atoms with van der Waals surface area (Å²) in [6.07, 6.45) is 0.705. The van der Waals surface area contributed by atoms with Crippen molar-refractivity contribution in [2.45, 2.75) is 23.6 Å². The summed E-state index contributed by atoms with van der Waals surface area (Å²) in [5.74, 6) is -0.172. The molecule has 0 spiro atoms. The van der Waals surface area contributed by atoms with Gasteiger partial charge in [0.2, 0.25) is 0 Å². The Labute approximate surface area is 136 Å². The summed E-state index contributed by atoms with van der Waals surface area (Å²) in [6.45, 7) is 2.37. The molecular formula is C17H13N3O2S. The van der Waals surface area contributed by atoms with E-state index in [4.69, 9.17) is 4.74 Å². The van der Waals surface area contributed by atoms with Crippen LogP contribution in [0.3, 0.4) is 0 Å². The van der Waals surface area contributed by atoms with Crippen molar-refractivity contribution in [2.75, 3.05) is 6.61 Å². The number of hydrogen-bond donors (Lipinski definition) is 0. The minimum Gasteiger partial charge on any atom is -0.465 e. The Kier molecular flexibility index (Phi) is 3.24. The van der Waals surface area contributed by atoms with Gasteiger partial charge >= 0.3 is 5.97 Å². The first-order valence-corrected chi connectivity index (χ1v) is 8.21. The van der Waals surface area contributed by atoms with Gasteiger partial charge in [-0.25, -0.2) is 4.98 Å². The third kappa shape index (κ3) is 2.16. The number of imidazole rings is 1. The molecule has 0 saturated carbocycles. The Morgan fingerprint density at radius 2 is 2.26 bits per heavy atom. The van der Waals surface area contributed by atoms with Gasteiger partial charge in [0, 0.05) is 6.42 Å². The molecule has 1 aromatic carbocycles. The number of aryl methyl sites for hydroxylation is 1. The van der Waals surface area contributed by atoms with Crippen molar-refractivity contribution in [3.8, 4) is 6.07 Å². The molecule has 0 amide bonds. The molecule has 114 valence electrons. The van der Waals surface area contributed by atoms with Crippen LogP contribution in [0.5, 0.6) is 0 Å². The number of pyridine rings is 1. The number of benzene rings is 1. The van der Waals surface area contributed by atoms with Crippen molar-refractivity contribution in [1.29, 1.82) is 5.26 Å². The zero-order valence-electron chi connectivity index (χ0n) is 12.4. The fourth-order valence-corrected chi connectivity index (χ4v) is 4.08. The molecule has 0 aliphatic carbocycles. The van der Waals surface area contributed by atoms with Gasteiger partial charge in [0.25, 0.3) is 0 Å². The number of rotatable bonds is 2. The number of nitriles is 1. The van der Waals surface area contributed by atoms with E-state index in [0.29, 0.717) is 24.2 Å². The molecule has 1 saturated heterocycles. The van der Waals surface area contributed by atoms with Crippen LogP contribution in [-0.2, 0) is 9.53 Å². The Balaban J connectivity index is 1.99. The average Bonchev–Trinajstić information content (AvgIpc) is 3.11. The standard InChI is InChI=1S/C17H13N3O2S/c1-10-8-15(23-14-6-7-22-17(14)21)20-13-5-3-2-4-12(13)19-16(20)11(10)9-18/h2-5,8,14H,6-7H2,1H3. The summed E-state index contributed by atoms with van der Waals surface area (Å²) in [5.41, 5.74) is 3.85. The number of carbonyl (C=O) groups excluding carboxylic acids is 1. The van der Waals surface area contributed by atoms with E-state index in [1.165, 1.54) is 11.8 Å². The number of thioether (sulfide) groups is 1. The lowest BCUT2D eigenvalue weighted by Crippen LogP contribution is -2.10. The van der Waals surface area contributed by atoms with Crippen LogP contribution in [-0.4, -0.2) is 27.2 Å².